The van der Waals surface area contributed by atoms with E-state index in [9.17, 15) is 9.18 Å². The highest BCUT2D eigenvalue weighted by atomic mass is 19.1. The minimum Gasteiger partial charge on any atom is -0.382 e. The Bertz CT molecular complexity index is 1250. The number of hydrogen-bond donors (Lipinski definition) is 2. The lowest BCUT2D eigenvalue weighted by atomic mass is 9.99. The number of nitrogens with two attached hydrogens (primary N) is 1. The van der Waals surface area contributed by atoms with Crippen molar-refractivity contribution in [3.05, 3.63) is 107 Å². The second kappa shape index (κ2) is 8.91. The van der Waals surface area contributed by atoms with E-state index in [4.69, 9.17) is 10.6 Å². The molecule has 0 aliphatic rings. The van der Waals surface area contributed by atoms with Crippen LogP contribution in [0.5, 0.6) is 0 Å². The maximum atomic E-state index is 13.3. The first-order valence-electron chi connectivity index (χ1n) is 9.71. The Kier molecular flexibility index (Phi) is 5.88. The largest absolute Gasteiger partial charge is 0.382 e. The van der Waals surface area contributed by atoms with E-state index in [1.807, 2.05) is 54.7 Å². The highest BCUT2D eigenvalue weighted by Gasteiger charge is 2.20. The number of imidazole rings is 1. The molecular formula is C24H21FN4O2. The third kappa shape index (κ3) is 4.23. The summed E-state index contributed by atoms with van der Waals surface area (Å²) in [6, 6.07) is 19.0. The van der Waals surface area contributed by atoms with Crippen molar-refractivity contribution in [2.45, 2.75) is 0 Å². The molecule has 2 aromatic heterocycles. The number of carbonyl (C=O) groups excluding carboxylic acids is 1. The van der Waals surface area contributed by atoms with Gasteiger partial charge >= 0.3 is 0 Å². The first-order valence-corrected chi connectivity index (χ1v) is 9.71. The van der Waals surface area contributed by atoms with E-state index in [1.54, 1.807) is 11.4 Å². The van der Waals surface area contributed by atoms with Crippen molar-refractivity contribution in [2.24, 2.45) is 0 Å². The molecule has 3 N–H and O–H groups in total. The number of pyridine rings is 1. The summed E-state index contributed by atoms with van der Waals surface area (Å²) < 4.78 is 15.0. The first kappa shape index (κ1) is 20.5. The maximum Gasteiger partial charge on any atom is 0.213 e. The van der Waals surface area contributed by atoms with E-state index in [0.717, 1.165) is 16.7 Å². The number of benzene rings is 2. The van der Waals surface area contributed by atoms with Gasteiger partial charge in [-0.15, -0.1) is 0 Å². The van der Waals surface area contributed by atoms with E-state index < -0.39 is 5.82 Å². The zero-order valence-electron chi connectivity index (χ0n) is 16.9. The van der Waals surface area contributed by atoms with Crippen molar-refractivity contribution >= 4 is 22.8 Å². The molecule has 4 rings (SSSR count). The molecule has 31 heavy (non-hydrogen) atoms. The lowest BCUT2D eigenvalue weighted by Gasteiger charge is -2.11. The van der Waals surface area contributed by atoms with Crippen LogP contribution in [0.2, 0.25) is 0 Å². The van der Waals surface area contributed by atoms with E-state index in [-0.39, 0.29) is 17.3 Å². The zero-order valence-corrected chi connectivity index (χ0v) is 16.9. The number of hydroxylamine groups is 1. The lowest BCUT2D eigenvalue weighted by molar-refractivity contribution is 0.0813. The van der Waals surface area contributed by atoms with Crippen LogP contribution in [0, 0.1) is 5.82 Å². The molecule has 0 saturated heterocycles. The minimum atomic E-state index is -0.411. The van der Waals surface area contributed by atoms with Crippen LogP contribution in [-0.2, 0) is 4.84 Å². The molecule has 2 heterocycles. The van der Waals surface area contributed by atoms with E-state index in [2.05, 4.69) is 10.5 Å². The molecule has 7 heteroatoms. The molecule has 0 radical (unpaired) electrons. The van der Waals surface area contributed by atoms with Crippen molar-refractivity contribution in [3.8, 4) is 0 Å². The second-order valence-corrected chi connectivity index (χ2v) is 6.83. The number of ketones is 1. The third-order valence-corrected chi connectivity index (χ3v) is 4.88. The summed E-state index contributed by atoms with van der Waals surface area (Å²) in [5, 5.41) is 0. The Morgan fingerprint density at radius 3 is 2.48 bits per heavy atom. The standard InChI is InChI=1S/C24H21FN4O2/c1-27-31-14-13-20(16-5-3-2-4-6-16)18-9-12-21-28-24(26)22(29(21)15-18)23(30)17-7-10-19(25)11-8-17/h2-13,15,27H,14,26H2,1H3/b20-13+. The molecule has 0 atom stereocenters. The van der Waals surface area contributed by atoms with Crippen LogP contribution in [0.15, 0.2) is 79.0 Å². The fraction of sp³-hybridized carbons (Fsp3) is 0.0833. The molecule has 0 aliphatic heterocycles. The quantitative estimate of drug-likeness (QED) is 0.272. The van der Waals surface area contributed by atoms with Crippen molar-refractivity contribution in [1.82, 2.24) is 14.9 Å². The van der Waals surface area contributed by atoms with Crippen molar-refractivity contribution < 1.29 is 14.0 Å². The number of nitrogens with one attached hydrogen (secondary N) is 1. The van der Waals surface area contributed by atoms with Crippen LogP contribution >= 0.6 is 0 Å². The summed E-state index contributed by atoms with van der Waals surface area (Å²) in [5.41, 5.74) is 12.7. The molecule has 0 spiro atoms. The Morgan fingerprint density at radius 1 is 1.06 bits per heavy atom. The molecule has 0 saturated carbocycles. The summed E-state index contributed by atoms with van der Waals surface area (Å²) in [4.78, 5) is 22.7. The Morgan fingerprint density at radius 2 is 1.77 bits per heavy atom. The van der Waals surface area contributed by atoms with Gasteiger partial charge in [0.1, 0.15) is 17.2 Å². The van der Waals surface area contributed by atoms with Gasteiger partial charge in [0.05, 0.1) is 6.61 Å². The fourth-order valence-corrected chi connectivity index (χ4v) is 3.41. The number of hydrogen-bond acceptors (Lipinski definition) is 5. The Labute approximate surface area is 178 Å². The number of carbonyl (C=O) groups is 1. The van der Waals surface area contributed by atoms with Crippen LogP contribution in [0.1, 0.15) is 27.2 Å². The monoisotopic (exact) mass is 416 g/mol. The number of fused-ring (bicyclic) bond motifs is 1. The van der Waals surface area contributed by atoms with Crippen LogP contribution in [0.25, 0.3) is 11.2 Å². The SMILES string of the molecule is CNOC/C=C(\c1ccccc1)c1ccc2nc(N)c(C(=O)c3ccc(F)cc3)n2c1. The smallest absolute Gasteiger partial charge is 0.213 e. The van der Waals surface area contributed by atoms with Gasteiger partial charge in [-0.3, -0.25) is 14.0 Å². The molecule has 0 fully saturated rings. The van der Waals surface area contributed by atoms with Crippen LogP contribution < -0.4 is 11.2 Å². The summed E-state index contributed by atoms with van der Waals surface area (Å²) in [6.45, 7) is 0.353. The summed E-state index contributed by atoms with van der Waals surface area (Å²) in [7, 11) is 1.70. The molecule has 0 aliphatic carbocycles. The topological polar surface area (TPSA) is 81.7 Å². The highest BCUT2D eigenvalue weighted by molar-refractivity contribution is 6.11. The third-order valence-electron chi connectivity index (χ3n) is 4.88. The Hall–Kier alpha value is -3.81. The summed E-state index contributed by atoms with van der Waals surface area (Å²) in [6.07, 6.45) is 3.78. The number of aromatic nitrogens is 2. The average molecular weight is 416 g/mol. The number of rotatable bonds is 7. The van der Waals surface area contributed by atoms with Crippen LogP contribution in [0.4, 0.5) is 10.2 Å². The van der Waals surface area contributed by atoms with Gasteiger partial charge in [-0.1, -0.05) is 30.3 Å². The molecule has 0 amide bonds. The fourth-order valence-electron chi connectivity index (χ4n) is 3.41. The van der Waals surface area contributed by atoms with Gasteiger partial charge in [-0.05, 0) is 59.2 Å². The predicted octanol–water partition coefficient (Wildman–Crippen LogP) is 3.87. The average Bonchev–Trinajstić information content (AvgIpc) is 3.12. The minimum absolute atomic E-state index is 0.121. The van der Waals surface area contributed by atoms with Gasteiger partial charge in [0.2, 0.25) is 5.78 Å². The van der Waals surface area contributed by atoms with Crippen LogP contribution in [-0.4, -0.2) is 28.8 Å². The van der Waals surface area contributed by atoms with E-state index in [0.29, 0.717) is 17.8 Å². The number of nitrogen functional groups attached to an aromatic ring is 1. The summed E-state index contributed by atoms with van der Waals surface area (Å²) >= 11 is 0. The molecule has 2 aromatic carbocycles. The molecule has 156 valence electrons. The highest BCUT2D eigenvalue weighted by Crippen LogP contribution is 2.26. The molecule has 0 bridgehead atoms. The van der Waals surface area contributed by atoms with Crippen molar-refractivity contribution in [1.29, 1.82) is 0 Å². The van der Waals surface area contributed by atoms with Gasteiger partial charge < -0.3 is 5.73 Å². The van der Waals surface area contributed by atoms with Gasteiger partial charge in [0.25, 0.3) is 0 Å². The van der Waals surface area contributed by atoms with Gasteiger partial charge in [-0.25, -0.2) is 14.9 Å². The molecule has 4 aromatic rings. The van der Waals surface area contributed by atoms with Gasteiger partial charge in [0, 0.05) is 18.8 Å². The van der Waals surface area contributed by atoms with E-state index in [1.165, 1.54) is 24.3 Å². The summed E-state index contributed by atoms with van der Waals surface area (Å²) in [5.74, 6) is -0.618. The number of halogens is 1. The van der Waals surface area contributed by atoms with Gasteiger partial charge in [-0.2, -0.15) is 0 Å². The molecular weight excluding hydrogens is 395 g/mol. The second-order valence-electron chi connectivity index (χ2n) is 6.83. The van der Waals surface area contributed by atoms with Crippen LogP contribution in [0.3, 0.4) is 0 Å². The molecule has 6 nitrogen and oxygen atoms in total. The van der Waals surface area contributed by atoms with Crippen molar-refractivity contribution in [3.63, 3.8) is 0 Å². The lowest BCUT2D eigenvalue weighted by Crippen LogP contribution is -2.09. The maximum absolute atomic E-state index is 13.3. The van der Waals surface area contributed by atoms with E-state index >= 15 is 0 Å². The first-order chi connectivity index (χ1) is 15.1. The Balaban J connectivity index is 1.82. The number of nitrogens with zero attached hydrogens (tertiary/aromatic N) is 2. The zero-order chi connectivity index (χ0) is 21.8. The van der Waals surface area contributed by atoms with Crippen molar-refractivity contribution in [2.75, 3.05) is 19.4 Å². The predicted molar refractivity (Wildman–Crippen MR) is 118 cm³/mol. The van der Waals surface area contributed by atoms with Gasteiger partial charge in [0.15, 0.2) is 5.82 Å². The normalized spacial score (nSPS) is 11.7. The molecule has 0 unspecified atom stereocenters. The number of anilines is 1.